The summed E-state index contributed by atoms with van der Waals surface area (Å²) in [5.74, 6) is 0.130. The van der Waals surface area contributed by atoms with Gasteiger partial charge in [-0.1, -0.05) is 36.8 Å². The summed E-state index contributed by atoms with van der Waals surface area (Å²) in [6.07, 6.45) is 1.03. The molecule has 2 aromatic carbocycles. The molecule has 0 unspecified atom stereocenters. The van der Waals surface area contributed by atoms with Crippen LogP contribution in [0.25, 0.3) is 0 Å². The number of Topliss-reactive ketones (excluding diaryl/α,β-unsaturated/α-hetero) is 1. The summed E-state index contributed by atoms with van der Waals surface area (Å²) in [6, 6.07) is 14.2. The summed E-state index contributed by atoms with van der Waals surface area (Å²) in [5.41, 5.74) is 5.25. The fourth-order valence-electron chi connectivity index (χ4n) is 2.17. The molecule has 0 amide bonds. The molecule has 0 aromatic heterocycles. The Labute approximate surface area is 120 Å². The maximum Gasteiger partial charge on any atom is 0.182 e. The van der Waals surface area contributed by atoms with Gasteiger partial charge in [0.25, 0.3) is 0 Å². The van der Waals surface area contributed by atoms with Gasteiger partial charge in [0.2, 0.25) is 0 Å². The molecule has 0 aliphatic carbocycles. The second kappa shape index (κ2) is 6.38. The maximum absolute atomic E-state index is 12.3. The number of carbonyl (C=O) groups is 1. The lowest BCUT2D eigenvalue weighted by Crippen LogP contribution is -2.15. The number of rotatable bonds is 5. The number of anilines is 1. The second-order valence-corrected chi connectivity index (χ2v) is 5.15. The Morgan fingerprint density at radius 1 is 1.05 bits per heavy atom. The highest BCUT2D eigenvalue weighted by atomic mass is 16.1. The van der Waals surface area contributed by atoms with Gasteiger partial charge >= 0.3 is 0 Å². The highest BCUT2D eigenvalue weighted by molar-refractivity contribution is 6.00. The quantitative estimate of drug-likeness (QED) is 0.824. The van der Waals surface area contributed by atoms with E-state index in [1.165, 1.54) is 5.56 Å². The standard InChI is InChI=1S/C18H21NO/c1-4-15-7-9-16(10-8-15)19-12-18(20)17-11-13(2)5-6-14(17)3/h5-11,19H,4,12H2,1-3H3. The van der Waals surface area contributed by atoms with Crippen LogP contribution < -0.4 is 5.32 Å². The molecule has 0 saturated heterocycles. The zero-order chi connectivity index (χ0) is 14.5. The first-order valence-corrected chi connectivity index (χ1v) is 7.03. The Morgan fingerprint density at radius 3 is 2.40 bits per heavy atom. The smallest absolute Gasteiger partial charge is 0.182 e. The molecule has 0 bridgehead atoms. The number of ketones is 1. The monoisotopic (exact) mass is 267 g/mol. The van der Waals surface area contributed by atoms with Gasteiger partial charge in [0.15, 0.2) is 5.78 Å². The molecule has 2 nitrogen and oxygen atoms in total. The van der Waals surface area contributed by atoms with E-state index in [9.17, 15) is 4.79 Å². The molecule has 0 fully saturated rings. The molecule has 20 heavy (non-hydrogen) atoms. The second-order valence-electron chi connectivity index (χ2n) is 5.15. The third-order valence-electron chi connectivity index (χ3n) is 3.51. The van der Waals surface area contributed by atoms with E-state index >= 15 is 0 Å². The zero-order valence-corrected chi connectivity index (χ0v) is 12.4. The van der Waals surface area contributed by atoms with Gasteiger partial charge in [-0.2, -0.15) is 0 Å². The Bertz CT molecular complexity index is 599. The van der Waals surface area contributed by atoms with Crippen LogP contribution >= 0.6 is 0 Å². The molecular weight excluding hydrogens is 246 g/mol. The first-order chi connectivity index (χ1) is 9.60. The van der Waals surface area contributed by atoms with Crippen molar-refractivity contribution < 1.29 is 4.79 Å². The van der Waals surface area contributed by atoms with Crippen molar-refractivity contribution in [3.63, 3.8) is 0 Å². The van der Waals surface area contributed by atoms with Gasteiger partial charge < -0.3 is 5.32 Å². The zero-order valence-electron chi connectivity index (χ0n) is 12.4. The van der Waals surface area contributed by atoms with Gasteiger partial charge in [0.05, 0.1) is 6.54 Å². The molecule has 1 N–H and O–H groups in total. The van der Waals surface area contributed by atoms with Gasteiger partial charge in [-0.15, -0.1) is 0 Å². The van der Waals surface area contributed by atoms with Crippen molar-refractivity contribution in [1.82, 2.24) is 0 Å². The fraction of sp³-hybridized carbons (Fsp3) is 0.278. The first-order valence-electron chi connectivity index (χ1n) is 7.03. The third-order valence-corrected chi connectivity index (χ3v) is 3.51. The van der Waals surface area contributed by atoms with E-state index in [1.807, 2.05) is 44.2 Å². The molecule has 2 aromatic rings. The van der Waals surface area contributed by atoms with Crippen molar-refractivity contribution in [2.45, 2.75) is 27.2 Å². The average molecular weight is 267 g/mol. The lowest BCUT2D eigenvalue weighted by atomic mass is 10.0. The number of carbonyl (C=O) groups excluding carboxylic acids is 1. The number of benzene rings is 2. The van der Waals surface area contributed by atoms with E-state index < -0.39 is 0 Å². The summed E-state index contributed by atoms with van der Waals surface area (Å²) >= 11 is 0. The Hall–Kier alpha value is -2.09. The van der Waals surface area contributed by atoms with E-state index in [0.29, 0.717) is 6.54 Å². The van der Waals surface area contributed by atoms with Crippen molar-refractivity contribution >= 4 is 11.5 Å². The Morgan fingerprint density at radius 2 is 1.75 bits per heavy atom. The summed E-state index contributed by atoms with van der Waals surface area (Å²) in [6.45, 7) is 6.44. The topological polar surface area (TPSA) is 29.1 Å². The van der Waals surface area contributed by atoms with Crippen molar-refractivity contribution in [3.8, 4) is 0 Å². The average Bonchev–Trinajstić information content (AvgIpc) is 2.47. The molecule has 0 atom stereocenters. The van der Waals surface area contributed by atoms with Gasteiger partial charge in [0.1, 0.15) is 0 Å². The van der Waals surface area contributed by atoms with Crippen molar-refractivity contribution in [2.24, 2.45) is 0 Å². The molecule has 0 spiro atoms. The van der Waals surface area contributed by atoms with Crippen molar-refractivity contribution in [2.75, 3.05) is 11.9 Å². The first kappa shape index (κ1) is 14.3. The number of nitrogens with one attached hydrogen (secondary N) is 1. The molecule has 0 aliphatic heterocycles. The normalized spacial score (nSPS) is 10.3. The summed E-state index contributed by atoms with van der Waals surface area (Å²) in [4.78, 5) is 12.3. The SMILES string of the molecule is CCc1ccc(NCC(=O)c2cc(C)ccc2C)cc1. The molecule has 2 rings (SSSR count). The van der Waals surface area contributed by atoms with Gasteiger partial charge in [-0.05, 0) is 49.6 Å². The lowest BCUT2D eigenvalue weighted by Gasteiger charge is -2.09. The van der Waals surface area contributed by atoms with Crippen LogP contribution in [-0.4, -0.2) is 12.3 Å². The molecule has 0 heterocycles. The largest absolute Gasteiger partial charge is 0.378 e. The highest BCUT2D eigenvalue weighted by Crippen LogP contribution is 2.13. The minimum atomic E-state index is 0.130. The van der Waals surface area contributed by atoms with Crippen LogP contribution in [0.2, 0.25) is 0 Å². The van der Waals surface area contributed by atoms with Crippen LogP contribution in [-0.2, 0) is 6.42 Å². The van der Waals surface area contributed by atoms with Crippen molar-refractivity contribution in [1.29, 1.82) is 0 Å². The minimum absolute atomic E-state index is 0.130. The van der Waals surface area contributed by atoms with Crippen LogP contribution in [0.3, 0.4) is 0 Å². The maximum atomic E-state index is 12.3. The van der Waals surface area contributed by atoms with Crippen LogP contribution in [0.15, 0.2) is 42.5 Å². The number of aryl methyl sites for hydroxylation is 3. The highest BCUT2D eigenvalue weighted by Gasteiger charge is 2.09. The van der Waals surface area contributed by atoms with E-state index in [4.69, 9.17) is 0 Å². The van der Waals surface area contributed by atoms with E-state index in [2.05, 4.69) is 24.4 Å². The van der Waals surface area contributed by atoms with Gasteiger partial charge in [-0.3, -0.25) is 4.79 Å². The number of hydrogen-bond donors (Lipinski definition) is 1. The van der Waals surface area contributed by atoms with Crippen LogP contribution in [0, 0.1) is 13.8 Å². The molecule has 0 aliphatic rings. The van der Waals surface area contributed by atoms with Crippen LogP contribution in [0.4, 0.5) is 5.69 Å². The van der Waals surface area contributed by atoms with Gasteiger partial charge in [-0.25, -0.2) is 0 Å². The fourth-order valence-corrected chi connectivity index (χ4v) is 2.17. The molecule has 2 heteroatoms. The van der Waals surface area contributed by atoms with E-state index in [-0.39, 0.29) is 5.78 Å². The third kappa shape index (κ3) is 3.47. The predicted octanol–water partition coefficient (Wildman–Crippen LogP) is 4.16. The summed E-state index contributed by atoms with van der Waals surface area (Å²) in [7, 11) is 0. The van der Waals surface area contributed by atoms with E-state index in [0.717, 1.165) is 28.8 Å². The van der Waals surface area contributed by atoms with Crippen LogP contribution in [0.5, 0.6) is 0 Å². The predicted molar refractivity (Wildman–Crippen MR) is 84.6 cm³/mol. The van der Waals surface area contributed by atoms with Gasteiger partial charge in [0, 0.05) is 11.3 Å². The van der Waals surface area contributed by atoms with E-state index in [1.54, 1.807) is 0 Å². The molecular formula is C18H21NO. The minimum Gasteiger partial charge on any atom is -0.378 e. The Kier molecular flexibility index (Phi) is 4.57. The summed E-state index contributed by atoms with van der Waals surface area (Å²) < 4.78 is 0. The molecule has 104 valence electrons. The molecule has 0 saturated carbocycles. The number of hydrogen-bond acceptors (Lipinski definition) is 2. The summed E-state index contributed by atoms with van der Waals surface area (Å²) in [5, 5.41) is 3.19. The molecule has 0 radical (unpaired) electrons. The Balaban J connectivity index is 2.02. The van der Waals surface area contributed by atoms with Crippen molar-refractivity contribution in [3.05, 3.63) is 64.7 Å². The lowest BCUT2D eigenvalue weighted by molar-refractivity contribution is 0.101. The van der Waals surface area contributed by atoms with Crippen LogP contribution in [0.1, 0.15) is 34.0 Å².